The van der Waals surface area contributed by atoms with Crippen LogP contribution in [0.4, 0.5) is 37.8 Å². The third-order valence-corrected chi connectivity index (χ3v) is 8.30. The van der Waals surface area contributed by atoms with E-state index in [1.165, 1.54) is 29.4 Å². The molecule has 39 heavy (non-hydrogen) atoms. The van der Waals surface area contributed by atoms with Gasteiger partial charge in [0.25, 0.3) is 0 Å². The molecule has 1 aliphatic rings. The van der Waals surface area contributed by atoms with Crippen LogP contribution in [0.1, 0.15) is 24.0 Å². The SMILES string of the molecule is Cc1cc(N=Nc2ccc(N3CCCC3)s2)ccc1N=Nc1ccc(N=Nc2snc3ccccc23)c(C)c1. The molecule has 0 N–H and O–H groups in total. The molecule has 0 bridgehead atoms. The van der Waals surface area contributed by atoms with E-state index in [0.29, 0.717) is 0 Å². The van der Waals surface area contributed by atoms with E-state index in [9.17, 15) is 0 Å². The van der Waals surface area contributed by atoms with Crippen LogP contribution in [0.3, 0.4) is 0 Å². The van der Waals surface area contributed by atoms with Crippen LogP contribution in [0.2, 0.25) is 0 Å². The largest absolute Gasteiger partial charge is 0.363 e. The Morgan fingerprint density at radius 2 is 1.36 bits per heavy atom. The monoisotopic (exact) mass is 550 g/mol. The zero-order valence-corrected chi connectivity index (χ0v) is 23.3. The molecule has 3 aromatic carbocycles. The van der Waals surface area contributed by atoms with Crippen molar-refractivity contribution in [2.24, 2.45) is 30.7 Å². The van der Waals surface area contributed by atoms with Gasteiger partial charge in [-0.2, -0.15) is 14.6 Å². The maximum atomic E-state index is 4.46. The maximum absolute atomic E-state index is 4.46. The number of hydrogen-bond acceptors (Lipinski definition) is 10. The minimum atomic E-state index is 0.754. The molecule has 194 valence electrons. The van der Waals surface area contributed by atoms with Crippen molar-refractivity contribution < 1.29 is 0 Å². The molecule has 1 aliphatic heterocycles. The van der Waals surface area contributed by atoms with E-state index < -0.39 is 0 Å². The number of anilines is 1. The summed E-state index contributed by atoms with van der Waals surface area (Å²) in [5, 5.41) is 30.6. The Morgan fingerprint density at radius 3 is 2.08 bits per heavy atom. The summed E-state index contributed by atoms with van der Waals surface area (Å²) in [5.41, 5.74) is 6.02. The Kier molecular flexibility index (Phi) is 7.29. The number of fused-ring (bicyclic) bond motifs is 1. The van der Waals surface area contributed by atoms with E-state index in [4.69, 9.17) is 0 Å². The molecule has 6 rings (SSSR count). The van der Waals surface area contributed by atoms with Gasteiger partial charge in [-0.15, -0.1) is 20.5 Å². The maximum Gasteiger partial charge on any atom is 0.166 e. The van der Waals surface area contributed by atoms with Crippen LogP contribution in [-0.4, -0.2) is 17.5 Å². The average Bonchev–Trinajstić information content (AvgIpc) is 3.72. The van der Waals surface area contributed by atoms with E-state index in [1.54, 1.807) is 11.3 Å². The zero-order valence-electron chi connectivity index (χ0n) is 21.7. The van der Waals surface area contributed by atoms with Crippen LogP contribution < -0.4 is 4.90 Å². The fourth-order valence-corrected chi connectivity index (χ4v) is 5.94. The zero-order chi connectivity index (χ0) is 26.6. The second kappa shape index (κ2) is 11.3. The molecule has 8 nitrogen and oxygen atoms in total. The Labute approximate surface area is 234 Å². The summed E-state index contributed by atoms with van der Waals surface area (Å²) in [6.07, 6.45) is 2.53. The molecule has 10 heteroatoms. The van der Waals surface area contributed by atoms with E-state index >= 15 is 0 Å². The first-order valence-corrected chi connectivity index (χ1v) is 14.4. The highest BCUT2D eigenvalue weighted by Gasteiger charge is 2.14. The van der Waals surface area contributed by atoms with Gasteiger partial charge < -0.3 is 4.90 Å². The number of benzene rings is 3. The Morgan fingerprint density at radius 1 is 0.692 bits per heavy atom. The van der Waals surface area contributed by atoms with Gasteiger partial charge in [0.15, 0.2) is 5.00 Å². The van der Waals surface area contributed by atoms with Crippen LogP contribution in [-0.2, 0) is 0 Å². The summed E-state index contributed by atoms with van der Waals surface area (Å²) >= 11 is 3.03. The second-order valence-electron chi connectivity index (χ2n) is 9.35. The highest BCUT2D eigenvalue weighted by molar-refractivity contribution is 7.19. The highest BCUT2D eigenvalue weighted by atomic mass is 32.1. The van der Waals surface area contributed by atoms with Crippen LogP contribution >= 0.6 is 22.9 Å². The lowest BCUT2D eigenvalue weighted by atomic mass is 10.2. The summed E-state index contributed by atoms with van der Waals surface area (Å²) in [4.78, 5) is 2.41. The molecule has 0 saturated carbocycles. The molecule has 0 aliphatic carbocycles. The van der Waals surface area contributed by atoms with Crippen molar-refractivity contribution in [2.75, 3.05) is 18.0 Å². The molecule has 0 amide bonds. The molecule has 1 fully saturated rings. The topological polar surface area (TPSA) is 90.3 Å². The van der Waals surface area contributed by atoms with Crippen molar-refractivity contribution in [1.29, 1.82) is 0 Å². The number of nitrogens with zero attached hydrogens (tertiary/aromatic N) is 8. The molecule has 1 saturated heterocycles. The third kappa shape index (κ3) is 5.81. The third-order valence-electron chi connectivity index (χ3n) is 6.51. The van der Waals surface area contributed by atoms with Gasteiger partial charge in [0, 0.05) is 18.5 Å². The van der Waals surface area contributed by atoms with Crippen LogP contribution in [0.15, 0.2) is 103 Å². The van der Waals surface area contributed by atoms with Crippen molar-refractivity contribution in [3.05, 3.63) is 83.9 Å². The lowest BCUT2D eigenvalue weighted by Crippen LogP contribution is -2.15. The molecular formula is C29H26N8S2. The van der Waals surface area contributed by atoms with Gasteiger partial charge in [-0.05, 0) is 110 Å². The predicted octanol–water partition coefficient (Wildman–Crippen LogP) is 10.8. The Bertz CT molecular complexity index is 1710. The number of azo groups is 3. The van der Waals surface area contributed by atoms with E-state index in [-0.39, 0.29) is 0 Å². The molecule has 0 unspecified atom stereocenters. The minimum Gasteiger partial charge on any atom is -0.363 e. The van der Waals surface area contributed by atoms with E-state index in [2.05, 4.69) is 46.0 Å². The van der Waals surface area contributed by atoms with Gasteiger partial charge in [-0.1, -0.05) is 23.5 Å². The quantitative estimate of drug-likeness (QED) is 0.189. The van der Waals surface area contributed by atoms with Gasteiger partial charge in [0.1, 0.15) is 5.00 Å². The van der Waals surface area contributed by atoms with E-state index in [1.807, 2.05) is 80.6 Å². The number of rotatable bonds is 7. The second-order valence-corrected chi connectivity index (χ2v) is 11.1. The van der Waals surface area contributed by atoms with Gasteiger partial charge in [0.2, 0.25) is 0 Å². The molecule has 0 radical (unpaired) electrons. The predicted molar refractivity (Wildman–Crippen MR) is 160 cm³/mol. The smallest absolute Gasteiger partial charge is 0.166 e. The summed E-state index contributed by atoms with van der Waals surface area (Å²) in [6, 6.07) is 23.7. The molecule has 0 atom stereocenters. The van der Waals surface area contributed by atoms with Crippen molar-refractivity contribution in [3.63, 3.8) is 0 Å². The van der Waals surface area contributed by atoms with Gasteiger partial charge >= 0.3 is 0 Å². The van der Waals surface area contributed by atoms with Crippen molar-refractivity contribution in [1.82, 2.24) is 4.37 Å². The average molecular weight is 551 g/mol. The number of aryl methyl sites for hydroxylation is 2. The number of aromatic nitrogens is 1. The Balaban J connectivity index is 1.11. The standard InChI is InChI=1S/C29H26N8S2/c1-19-18-22(31-34-27-13-14-28(38-27)37-15-5-6-16-37)10-11-24(19)32-30-21-9-12-25(20(2)17-21)33-35-29-23-7-3-4-8-26(23)36-39-29/h3-4,7-14,17-18H,5-6,15-16H2,1-2H3. The fourth-order valence-electron chi connectivity index (χ4n) is 4.37. The lowest BCUT2D eigenvalue weighted by molar-refractivity contribution is 0.949. The minimum absolute atomic E-state index is 0.754. The van der Waals surface area contributed by atoms with Gasteiger partial charge in [-0.3, -0.25) is 0 Å². The first kappa shape index (κ1) is 25.1. The highest BCUT2D eigenvalue weighted by Crippen LogP contribution is 2.36. The molecule has 3 heterocycles. The first-order valence-electron chi connectivity index (χ1n) is 12.8. The van der Waals surface area contributed by atoms with Crippen molar-refractivity contribution in [3.8, 4) is 0 Å². The summed E-state index contributed by atoms with van der Waals surface area (Å²) < 4.78 is 4.42. The molecule has 5 aromatic rings. The number of thiophene rings is 1. The summed E-state index contributed by atoms with van der Waals surface area (Å²) in [5.74, 6) is 0. The van der Waals surface area contributed by atoms with Crippen LogP contribution in [0, 0.1) is 13.8 Å². The fraction of sp³-hybridized carbons (Fsp3) is 0.207. The van der Waals surface area contributed by atoms with Crippen molar-refractivity contribution >= 4 is 71.5 Å². The first-order chi connectivity index (χ1) is 19.1. The normalized spacial score (nSPS) is 14.2. The van der Waals surface area contributed by atoms with Crippen molar-refractivity contribution in [2.45, 2.75) is 26.7 Å². The summed E-state index contributed by atoms with van der Waals surface area (Å²) in [7, 11) is 0. The van der Waals surface area contributed by atoms with Crippen LogP contribution in [0.25, 0.3) is 10.9 Å². The van der Waals surface area contributed by atoms with Gasteiger partial charge in [-0.25, -0.2) is 0 Å². The lowest BCUT2D eigenvalue weighted by Gasteiger charge is -2.13. The van der Waals surface area contributed by atoms with Gasteiger partial charge in [0.05, 0.1) is 33.3 Å². The van der Waals surface area contributed by atoms with Crippen LogP contribution in [0.5, 0.6) is 0 Å². The number of hydrogen-bond donors (Lipinski definition) is 0. The molecular weight excluding hydrogens is 525 g/mol. The Hall–Kier alpha value is -4.15. The summed E-state index contributed by atoms with van der Waals surface area (Å²) in [6.45, 7) is 6.26. The molecule has 2 aromatic heterocycles. The molecule has 0 spiro atoms. The van der Waals surface area contributed by atoms with E-state index in [0.717, 1.165) is 67.9 Å².